The fourth-order valence-electron chi connectivity index (χ4n) is 2.06. The van der Waals surface area contributed by atoms with Crippen LogP contribution in [-0.4, -0.2) is 26.9 Å². The molecule has 1 aromatic carbocycles. The van der Waals surface area contributed by atoms with E-state index in [0.29, 0.717) is 16.8 Å². The number of imide groups is 1. The molecule has 0 aliphatic carbocycles. The van der Waals surface area contributed by atoms with Crippen molar-refractivity contribution in [3.05, 3.63) is 53.9 Å². The number of pyridine rings is 1. The number of anilines is 1. The summed E-state index contributed by atoms with van der Waals surface area (Å²) in [6.45, 7) is 0. The van der Waals surface area contributed by atoms with E-state index >= 15 is 0 Å². The zero-order chi connectivity index (χ0) is 14.1. The van der Waals surface area contributed by atoms with Crippen LogP contribution in [0.2, 0.25) is 0 Å². The monoisotopic (exact) mass is 269 g/mol. The average molecular weight is 269 g/mol. The van der Waals surface area contributed by atoms with Gasteiger partial charge in [0.25, 0.3) is 11.8 Å². The Balaban J connectivity index is 1.94. The standard InChI is InChI=1S/C14H11N3O3/c18-11-2-1-9-7-13(19)17(14(20)12(9)8-11)16-10-3-5-15-6-4-10/h1-6,8,18H,7H2,(H,15,16). The molecule has 20 heavy (non-hydrogen) atoms. The molecule has 0 saturated carbocycles. The van der Waals surface area contributed by atoms with Crippen LogP contribution in [0.4, 0.5) is 5.69 Å². The van der Waals surface area contributed by atoms with Gasteiger partial charge in [-0.1, -0.05) is 6.07 Å². The maximum absolute atomic E-state index is 12.3. The zero-order valence-corrected chi connectivity index (χ0v) is 10.4. The number of carbonyl (C=O) groups excluding carboxylic acids is 2. The van der Waals surface area contributed by atoms with Gasteiger partial charge in [0.2, 0.25) is 0 Å². The number of phenolic OH excluding ortho intramolecular Hbond substituents is 1. The number of benzene rings is 1. The van der Waals surface area contributed by atoms with E-state index in [1.54, 1.807) is 30.6 Å². The van der Waals surface area contributed by atoms with Crippen LogP contribution in [0.25, 0.3) is 0 Å². The van der Waals surface area contributed by atoms with Crippen LogP contribution >= 0.6 is 0 Å². The number of hydrogen-bond acceptors (Lipinski definition) is 5. The molecular formula is C14H11N3O3. The number of hydrazine groups is 1. The molecular weight excluding hydrogens is 258 g/mol. The Morgan fingerprint density at radius 2 is 1.90 bits per heavy atom. The number of fused-ring (bicyclic) bond motifs is 1. The topological polar surface area (TPSA) is 82.5 Å². The minimum Gasteiger partial charge on any atom is -0.508 e. The number of phenols is 1. The Hall–Kier alpha value is -2.89. The molecule has 1 aliphatic heterocycles. The minimum absolute atomic E-state index is 0.00434. The van der Waals surface area contributed by atoms with Gasteiger partial charge in [0.05, 0.1) is 12.1 Å². The zero-order valence-electron chi connectivity index (χ0n) is 10.4. The summed E-state index contributed by atoms with van der Waals surface area (Å²) in [5.41, 5.74) is 4.28. The van der Waals surface area contributed by atoms with E-state index in [1.165, 1.54) is 12.1 Å². The summed E-state index contributed by atoms with van der Waals surface area (Å²) in [6, 6.07) is 7.72. The summed E-state index contributed by atoms with van der Waals surface area (Å²) in [5.74, 6) is -0.829. The van der Waals surface area contributed by atoms with Crippen LogP contribution in [0.5, 0.6) is 5.75 Å². The third-order valence-corrected chi connectivity index (χ3v) is 3.04. The summed E-state index contributed by atoms with van der Waals surface area (Å²) < 4.78 is 0. The van der Waals surface area contributed by atoms with E-state index in [4.69, 9.17) is 0 Å². The molecule has 6 nitrogen and oxygen atoms in total. The van der Waals surface area contributed by atoms with Crippen molar-refractivity contribution in [3.63, 3.8) is 0 Å². The molecule has 2 heterocycles. The largest absolute Gasteiger partial charge is 0.508 e. The first kappa shape index (κ1) is 12.2. The molecule has 2 N–H and O–H groups in total. The summed E-state index contributed by atoms with van der Waals surface area (Å²) >= 11 is 0. The van der Waals surface area contributed by atoms with Crippen molar-refractivity contribution in [3.8, 4) is 5.75 Å². The van der Waals surface area contributed by atoms with Gasteiger partial charge in [0.1, 0.15) is 5.75 Å². The third-order valence-electron chi connectivity index (χ3n) is 3.04. The van der Waals surface area contributed by atoms with Gasteiger partial charge < -0.3 is 5.11 Å². The summed E-state index contributed by atoms with van der Waals surface area (Å²) in [7, 11) is 0. The van der Waals surface area contributed by atoms with Gasteiger partial charge in [0.15, 0.2) is 0 Å². The number of nitrogens with zero attached hydrogens (tertiary/aromatic N) is 2. The van der Waals surface area contributed by atoms with Crippen molar-refractivity contribution in [2.45, 2.75) is 6.42 Å². The molecule has 6 heteroatoms. The van der Waals surface area contributed by atoms with E-state index < -0.39 is 5.91 Å². The van der Waals surface area contributed by atoms with E-state index in [-0.39, 0.29) is 18.1 Å². The van der Waals surface area contributed by atoms with Crippen molar-refractivity contribution >= 4 is 17.5 Å². The molecule has 0 saturated heterocycles. The van der Waals surface area contributed by atoms with Gasteiger partial charge in [-0.2, -0.15) is 5.01 Å². The Morgan fingerprint density at radius 3 is 2.65 bits per heavy atom. The maximum atomic E-state index is 12.3. The number of carbonyl (C=O) groups is 2. The first-order chi connectivity index (χ1) is 9.65. The molecule has 0 fully saturated rings. The first-order valence-electron chi connectivity index (χ1n) is 6.01. The SMILES string of the molecule is O=C1Cc2ccc(O)cc2C(=O)N1Nc1ccncc1. The van der Waals surface area contributed by atoms with E-state index in [2.05, 4.69) is 10.4 Å². The number of hydrogen-bond donors (Lipinski definition) is 2. The number of aromatic hydroxyl groups is 1. The predicted molar refractivity (Wildman–Crippen MR) is 70.8 cm³/mol. The lowest BCUT2D eigenvalue weighted by molar-refractivity contribution is -0.127. The molecule has 1 aromatic heterocycles. The van der Waals surface area contributed by atoms with Crippen LogP contribution in [-0.2, 0) is 11.2 Å². The van der Waals surface area contributed by atoms with Gasteiger partial charge in [-0.25, -0.2) is 0 Å². The second kappa shape index (κ2) is 4.65. The Bertz CT molecular complexity index is 685. The first-order valence-corrected chi connectivity index (χ1v) is 6.01. The molecule has 2 aromatic rings. The lowest BCUT2D eigenvalue weighted by atomic mass is 9.99. The van der Waals surface area contributed by atoms with E-state index in [9.17, 15) is 14.7 Å². The fraction of sp³-hybridized carbons (Fsp3) is 0.0714. The van der Waals surface area contributed by atoms with Crippen molar-refractivity contribution < 1.29 is 14.7 Å². The molecule has 0 bridgehead atoms. The lowest BCUT2D eigenvalue weighted by Crippen LogP contribution is -2.45. The molecule has 0 spiro atoms. The number of aromatic nitrogens is 1. The maximum Gasteiger partial charge on any atom is 0.279 e. The number of rotatable bonds is 2. The summed E-state index contributed by atoms with van der Waals surface area (Å²) in [4.78, 5) is 28.2. The minimum atomic E-state index is -0.482. The van der Waals surface area contributed by atoms with Crippen LogP contribution in [0, 0.1) is 0 Å². The van der Waals surface area contributed by atoms with Gasteiger partial charge in [-0.3, -0.25) is 20.0 Å². The number of nitrogens with one attached hydrogen (secondary N) is 1. The van der Waals surface area contributed by atoms with E-state index in [0.717, 1.165) is 5.01 Å². The van der Waals surface area contributed by atoms with E-state index in [1.807, 2.05) is 0 Å². The van der Waals surface area contributed by atoms with Gasteiger partial charge in [0, 0.05) is 18.0 Å². The smallest absolute Gasteiger partial charge is 0.279 e. The van der Waals surface area contributed by atoms with Crippen LogP contribution in [0.1, 0.15) is 15.9 Å². The van der Waals surface area contributed by atoms with Crippen molar-refractivity contribution in [1.82, 2.24) is 9.99 Å². The highest BCUT2D eigenvalue weighted by molar-refractivity contribution is 6.10. The summed E-state index contributed by atoms with van der Waals surface area (Å²) in [6.07, 6.45) is 3.22. The van der Waals surface area contributed by atoms with Crippen LogP contribution in [0.15, 0.2) is 42.7 Å². The summed E-state index contributed by atoms with van der Waals surface area (Å²) in [5, 5.41) is 10.4. The Kier molecular flexibility index (Phi) is 2.83. The second-order valence-corrected chi connectivity index (χ2v) is 4.40. The van der Waals surface area contributed by atoms with Crippen LogP contribution < -0.4 is 5.43 Å². The molecule has 0 atom stereocenters. The van der Waals surface area contributed by atoms with Crippen molar-refractivity contribution in [2.24, 2.45) is 0 Å². The molecule has 1 aliphatic rings. The molecule has 100 valence electrons. The lowest BCUT2D eigenvalue weighted by Gasteiger charge is -2.27. The molecule has 3 rings (SSSR count). The Morgan fingerprint density at radius 1 is 1.15 bits per heavy atom. The molecule has 0 radical (unpaired) electrons. The predicted octanol–water partition coefficient (Wildman–Crippen LogP) is 1.34. The molecule has 0 unspecified atom stereocenters. The van der Waals surface area contributed by atoms with Gasteiger partial charge >= 0.3 is 0 Å². The van der Waals surface area contributed by atoms with Gasteiger partial charge in [-0.05, 0) is 29.8 Å². The van der Waals surface area contributed by atoms with Crippen molar-refractivity contribution in [2.75, 3.05) is 5.43 Å². The average Bonchev–Trinajstić information content (AvgIpc) is 2.46. The highest BCUT2D eigenvalue weighted by Gasteiger charge is 2.31. The fourth-order valence-corrected chi connectivity index (χ4v) is 2.06. The van der Waals surface area contributed by atoms with Crippen molar-refractivity contribution in [1.29, 1.82) is 0 Å². The second-order valence-electron chi connectivity index (χ2n) is 4.40. The third kappa shape index (κ3) is 2.07. The highest BCUT2D eigenvalue weighted by Crippen LogP contribution is 2.24. The quantitative estimate of drug-likeness (QED) is 0.804. The molecule has 2 amide bonds. The normalized spacial score (nSPS) is 14.1. The number of amides is 2. The highest BCUT2D eigenvalue weighted by atomic mass is 16.3. The van der Waals surface area contributed by atoms with Gasteiger partial charge in [-0.15, -0.1) is 0 Å². The Labute approximate surface area is 114 Å². The van der Waals surface area contributed by atoms with Crippen LogP contribution in [0.3, 0.4) is 0 Å².